The van der Waals surface area contributed by atoms with Gasteiger partial charge in [-0.2, -0.15) is 10.2 Å². The molecule has 0 aliphatic rings. The third-order valence-electron chi connectivity index (χ3n) is 1.77. The van der Waals surface area contributed by atoms with Crippen LogP contribution in [0, 0.1) is 11.3 Å². The Bertz CT molecular complexity index is 584. The Balaban J connectivity index is 2.21. The summed E-state index contributed by atoms with van der Waals surface area (Å²) in [5.41, 5.74) is 0.226. The third kappa shape index (κ3) is 2.43. The number of benzene rings is 1. The maximum atomic E-state index is 11.0. The van der Waals surface area contributed by atoms with Crippen molar-refractivity contribution in [2.45, 2.75) is 0 Å². The van der Waals surface area contributed by atoms with Crippen LogP contribution >= 0.6 is 11.3 Å². The van der Waals surface area contributed by atoms with E-state index in [0.29, 0.717) is 11.3 Å². The summed E-state index contributed by atoms with van der Waals surface area (Å²) in [5, 5.41) is 10.5. The van der Waals surface area contributed by atoms with E-state index in [9.17, 15) is 4.79 Å². The minimum Gasteiger partial charge on any atom is -0.431 e. The monoisotopic (exact) mass is 230 g/mol. The molecule has 2 aromatic rings. The van der Waals surface area contributed by atoms with Crippen LogP contribution in [-0.2, 0) is 0 Å². The second-order valence-corrected chi connectivity index (χ2v) is 3.73. The van der Waals surface area contributed by atoms with E-state index in [4.69, 9.17) is 10.00 Å². The highest BCUT2D eigenvalue weighted by Gasteiger charge is 1.99. The molecule has 0 amide bonds. The smallest absolute Gasteiger partial charge is 0.282 e. The van der Waals surface area contributed by atoms with Gasteiger partial charge in [0.2, 0.25) is 0 Å². The van der Waals surface area contributed by atoms with E-state index < -0.39 is 0 Å². The first kappa shape index (κ1) is 10.3. The molecule has 16 heavy (non-hydrogen) atoms. The Labute approximate surface area is 95.4 Å². The lowest BCUT2D eigenvalue weighted by atomic mass is 10.2. The van der Waals surface area contributed by atoms with Crippen LogP contribution in [0.3, 0.4) is 0 Å². The van der Waals surface area contributed by atoms with Crippen LogP contribution in [0.4, 0.5) is 0 Å². The number of ether oxygens (including phenoxy) is 1. The number of nitriles is 1. The highest BCUT2D eigenvalue weighted by molar-refractivity contribution is 7.11. The standard InChI is InChI=1S/C11H6N2O2S/c12-7-8-1-3-9(4-2-8)15-11-13-10(14)5-6-16-11/h1-6H. The Morgan fingerprint density at radius 2 is 2.00 bits per heavy atom. The molecule has 1 aromatic carbocycles. The van der Waals surface area contributed by atoms with Gasteiger partial charge in [-0.1, -0.05) is 11.3 Å². The predicted molar refractivity (Wildman–Crippen MR) is 59.6 cm³/mol. The van der Waals surface area contributed by atoms with Gasteiger partial charge in [-0.15, -0.1) is 0 Å². The molecule has 0 atom stereocenters. The van der Waals surface area contributed by atoms with E-state index in [1.54, 1.807) is 29.6 Å². The summed E-state index contributed by atoms with van der Waals surface area (Å²) in [6.45, 7) is 0. The molecule has 0 N–H and O–H groups in total. The summed E-state index contributed by atoms with van der Waals surface area (Å²) in [4.78, 5) is 14.6. The van der Waals surface area contributed by atoms with Crippen molar-refractivity contribution in [1.82, 2.24) is 4.98 Å². The number of hydrogen-bond acceptors (Lipinski definition) is 5. The average Bonchev–Trinajstić information content (AvgIpc) is 2.30. The Hall–Kier alpha value is -2.19. The SMILES string of the molecule is N#Cc1ccc(Oc2nc(=O)ccs2)cc1. The van der Waals surface area contributed by atoms with Gasteiger partial charge < -0.3 is 4.74 Å². The molecule has 1 aromatic heterocycles. The molecule has 0 spiro atoms. The van der Waals surface area contributed by atoms with Crippen molar-refractivity contribution < 1.29 is 4.74 Å². The van der Waals surface area contributed by atoms with Gasteiger partial charge >= 0.3 is 0 Å². The summed E-state index contributed by atoms with van der Waals surface area (Å²) in [5.74, 6) is 0.549. The second-order valence-electron chi connectivity index (χ2n) is 2.87. The van der Waals surface area contributed by atoms with E-state index in [-0.39, 0.29) is 10.8 Å². The maximum Gasteiger partial charge on any atom is 0.282 e. The molecule has 2 rings (SSSR count). The molecule has 0 fully saturated rings. The number of hydrogen-bond donors (Lipinski definition) is 0. The molecule has 0 unspecified atom stereocenters. The van der Waals surface area contributed by atoms with Crippen LogP contribution in [0.2, 0.25) is 0 Å². The topological polar surface area (TPSA) is 63.0 Å². The zero-order valence-electron chi connectivity index (χ0n) is 8.08. The number of aromatic nitrogens is 1. The molecule has 0 aliphatic carbocycles. The molecule has 0 radical (unpaired) electrons. The van der Waals surface area contributed by atoms with Crippen molar-refractivity contribution in [2.24, 2.45) is 0 Å². The molecule has 1 heterocycles. The third-order valence-corrected chi connectivity index (χ3v) is 2.42. The first-order chi connectivity index (χ1) is 7.78. The van der Waals surface area contributed by atoms with Crippen LogP contribution in [0.1, 0.15) is 5.56 Å². The lowest BCUT2D eigenvalue weighted by Gasteiger charge is -2.01. The molecule has 0 saturated heterocycles. The van der Waals surface area contributed by atoms with Gasteiger partial charge in [-0.05, 0) is 24.3 Å². The van der Waals surface area contributed by atoms with E-state index in [1.165, 1.54) is 17.4 Å². The van der Waals surface area contributed by atoms with Crippen LogP contribution in [-0.4, -0.2) is 4.98 Å². The Morgan fingerprint density at radius 3 is 2.62 bits per heavy atom. The largest absolute Gasteiger partial charge is 0.431 e. The summed E-state index contributed by atoms with van der Waals surface area (Å²) in [6.07, 6.45) is 0. The summed E-state index contributed by atoms with van der Waals surface area (Å²) in [7, 11) is 0. The van der Waals surface area contributed by atoms with E-state index in [0.717, 1.165) is 0 Å². The van der Waals surface area contributed by atoms with Gasteiger partial charge in [0, 0.05) is 11.4 Å². The molecule has 0 saturated carbocycles. The van der Waals surface area contributed by atoms with Gasteiger partial charge in [0.15, 0.2) is 0 Å². The molecule has 78 valence electrons. The zero-order valence-corrected chi connectivity index (χ0v) is 8.90. The highest BCUT2D eigenvalue weighted by atomic mass is 32.1. The number of rotatable bonds is 2. The lowest BCUT2D eigenvalue weighted by Crippen LogP contribution is -2.02. The minimum absolute atomic E-state index is 0.289. The number of nitrogens with zero attached hydrogens (tertiary/aromatic N) is 2. The predicted octanol–water partition coefficient (Wildman–Crippen LogP) is 2.17. The molecular formula is C11H6N2O2S. The van der Waals surface area contributed by atoms with Gasteiger partial charge in [0.1, 0.15) is 5.75 Å². The quantitative estimate of drug-likeness (QED) is 0.793. The highest BCUT2D eigenvalue weighted by Crippen LogP contribution is 2.21. The summed E-state index contributed by atoms with van der Waals surface area (Å²) < 4.78 is 5.36. The van der Waals surface area contributed by atoms with E-state index in [1.807, 2.05) is 6.07 Å². The maximum absolute atomic E-state index is 11.0. The van der Waals surface area contributed by atoms with Crippen molar-refractivity contribution in [3.8, 4) is 17.0 Å². The van der Waals surface area contributed by atoms with Crippen LogP contribution in [0.5, 0.6) is 10.9 Å². The van der Waals surface area contributed by atoms with Crippen LogP contribution in [0.25, 0.3) is 0 Å². The molecular weight excluding hydrogens is 224 g/mol. The molecule has 5 heteroatoms. The zero-order chi connectivity index (χ0) is 11.4. The molecule has 0 bridgehead atoms. The lowest BCUT2D eigenvalue weighted by molar-refractivity contribution is 0.476. The van der Waals surface area contributed by atoms with Crippen molar-refractivity contribution in [2.75, 3.05) is 0 Å². The fraction of sp³-hybridized carbons (Fsp3) is 0. The Morgan fingerprint density at radius 1 is 1.25 bits per heavy atom. The first-order valence-corrected chi connectivity index (χ1v) is 5.30. The molecule has 4 nitrogen and oxygen atoms in total. The summed E-state index contributed by atoms with van der Waals surface area (Å²) in [6, 6.07) is 9.97. The van der Waals surface area contributed by atoms with E-state index in [2.05, 4.69) is 4.98 Å². The van der Waals surface area contributed by atoms with Gasteiger partial charge in [0.25, 0.3) is 10.8 Å². The Kier molecular flexibility index (Phi) is 2.94. The van der Waals surface area contributed by atoms with Crippen molar-refractivity contribution in [3.05, 3.63) is 51.6 Å². The normalized spacial score (nSPS) is 9.44. The van der Waals surface area contributed by atoms with Gasteiger partial charge in [0.05, 0.1) is 11.6 Å². The van der Waals surface area contributed by atoms with Crippen LogP contribution < -0.4 is 10.3 Å². The van der Waals surface area contributed by atoms with Crippen LogP contribution in [0.15, 0.2) is 40.5 Å². The second kappa shape index (κ2) is 4.55. The minimum atomic E-state index is -0.331. The van der Waals surface area contributed by atoms with Gasteiger partial charge in [-0.3, -0.25) is 4.79 Å². The van der Waals surface area contributed by atoms with Crippen molar-refractivity contribution in [3.63, 3.8) is 0 Å². The first-order valence-electron chi connectivity index (χ1n) is 4.42. The van der Waals surface area contributed by atoms with Crippen molar-refractivity contribution in [1.29, 1.82) is 5.26 Å². The van der Waals surface area contributed by atoms with Gasteiger partial charge in [-0.25, -0.2) is 0 Å². The summed E-state index contributed by atoms with van der Waals surface area (Å²) >= 11 is 1.23. The fourth-order valence-corrected chi connectivity index (χ4v) is 1.64. The fourth-order valence-electron chi connectivity index (χ4n) is 1.05. The molecule has 0 aliphatic heterocycles. The van der Waals surface area contributed by atoms with E-state index >= 15 is 0 Å². The van der Waals surface area contributed by atoms with Crippen molar-refractivity contribution >= 4 is 11.3 Å². The average molecular weight is 230 g/mol.